The monoisotopic (exact) mass is 189 g/mol. The first-order valence-corrected chi connectivity index (χ1v) is 5.00. The number of rotatable bonds is 1. The lowest BCUT2D eigenvalue weighted by Crippen LogP contribution is -2.28. The van der Waals surface area contributed by atoms with Crippen LogP contribution in [0.5, 0.6) is 0 Å². The fourth-order valence-electron chi connectivity index (χ4n) is 0.839. The molecule has 1 fully saturated rings. The molecule has 0 aliphatic carbocycles. The number of aliphatic hydroxyl groups excluding tert-OH is 1. The summed E-state index contributed by atoms with van der Waals surface area (Å²) < 4.78 is 5.27. The van der Waals surface area contributed by atoms with E-state index in [1.165, 1.54) is 6.42 Å². The predicted octanol–water partition coefficient (Wildman–Crippen LogP) is 1.15. The van der Waals surface area contributed by atoms with Gasteiger partial charge >= 0.3 is 0 Å². The molecule has 0 spiro atoms. The van der Waals surface area contributed by atoms with E-state index < -0.39 is 0 Å². The van der Waals surface area contributed by atoms with Gasteiger partial charge in [0.15, 0.2) is 0 Å². The molecule has 0 radical (unpaired) electrons. The molecular weight excluding hydrogens is 166 g/mol. The van der Waals surface area contributed by atoms with Crippen LogP contribution in [0.1, 0.15) is 34.1 Å². The van der Waals surface area contributed by atoms with E-state index in [-0.39, 0.29) is 12.1 Å². The van der Waals surface area contributed by atoms with Crippen molar-refractivity contribution in [2.24, 2.45) is 11.7 Å². The van der Waals surface area contributed by atoms with Gasteiger partial charge in [-0.05, 0) is 33.1 Å². The van der Waals surface area contributed by atoms with Crippen LogP contribution in [0.15, 0.2) is 0 Å². The van der Waals surface area contributed by atoms with Crippen LogP contribution in [-0.4, -0.2) is 30.0 Å². The Balaban J connectivity index is 0.000000226. The topological polar surface area (TPSA) is 55.5 Å². The van der Waals surface area contributed by atoms with Crippen molar-refractivity contribution in [3.63, 3.8) is 0 Å². The quantitative estimate of drug-likeness (QED) is 0.650. The average Bonchev–Trinajstić information content (AvgIpc) is 2.37. The van der Waals surface area contributed by atoms with Gasteiger partial charge in [-0.2, -0.15) is 0 Å². The average molecular weight is 189 g/mol. The van der Waals surface area contributed by atoms with Crippen LogP contribution < -0.4 is 5.73 Å². The van der Waals surface area contributed by atoms with E-state index >= 15 is 0 Å². The second-order valence-corrected chi connectivity index (χ2v) is 3.94. The summed E-state index contributed by atoms with van der Waals surface area (Å²) in [5.74, 6) is 0.792. The van der Waals surface area contributed by atoms with Crippen molar-refractivity contribution < 1.29 is 9.84 Å². The number of hydrogen-bond donors (Lipinski definition) is 2. The van der Waals surface area contributed by atoms with E-state index in [2.05, 4.69) is 13.8 Å². The zero-order valence-corrected chi connectivity index (χ0v) is 9.16. The maximum Gasteiger partial charge on any atom is 0.0660 e. The van der Waals surface area contributed by atoms with Gasteiger partial charge in [-0.25, -0.2) is 0 Å². The summed E-state index contributed by atoms with van der Waals surface area (Å²) in [5.41, 5.74) is 5.19. The second-order valence-electron chi connectivity index (χ2n) is 3.94. The Morgan fingerprint density at radius 3 is 1.92 bits per heavy atom. The normalized spacial score (nSPS) is 31.8. The van der Waals surface area contributed by atoms with Crippen LogP contribution in [-0.2, 0) is 4.74 Å². The molecule has 1 aliphatic heterocycles. The molecule has 13 heavy (non-hydrogen) atoms. The summed E-state index contributed by atoms with van der Waals surface area (Å²) in [5, 5.41) is 8.50. The van der Waals surface area contributed by atoms with Crippen molar-refractivity contribution in [3.05, 3.63) is 0 Å². The maximum atomic E-state index is 8.50. The third-order valence-electron chi connectivity index (χ3n) is 2.52. The van der Waals surface area contributed by atoms with E-state index in [1.54, 1.807) is 13.8 Å². The fraction of sp³-hybridized carbons (Fsp3) is 1.00. The van der Waals surface area contributed by atoms with Crippen molar-refractivity contribution in [1.82, 2.24) is 0 Å². The summed E-state index contributed by atoms with van der Waals surface area (Å²) in [7, 11) is 0. The van der Waals surface area contributed by atoms with Gasteiger partial charge in [0, 0.05) is 12.6 Å². The van der Waals surface area contributed by atoms with Crippen molar-refractivity contribution in [2.75, 3.05) is 6.61 Å². The lowest BCUT2D eigenvalue weighted by atomic mass is 10.1. The Morgan fingerprint density at radius 2 is 1.85 bits per heavy atom. The number of aliphatic hydroxyl groups is 1. The van der Waals surface area contributed by atoms with Crippen LogP contribution in [0, 0.1) is 5.92 Å². The Hall–Kier alpha value is -0.120. The molecule has 0 aromatic heterocycles. The second kappa shape index (κ2) is 6.35. The highest BCUT2D eigenvalue weighted by atomic mass is 16.5. The summed E-state index contributed by atoms with van der Waals surface area (Å²) in [6.45, 7) is 8.78. The van der Waals surface area contributed by atoms with Crippen LogP contribution in [0.2, 0.25) is 0 Å². The van der Waals surface area contributed by atoms with Gasteiger partial charge in [-0.15, -0.1) is 0 Å². The molecule has 3 heteroatoms. The van der Waals surface area contributed by atoms with E-state index in [0.717, 1.165) is 12.5 Å². The highest BCUT2D eigenvalue weighted by molar-refractivity contribution is 4.66. The van der Waals surface area contributed by atoms with Crippen LogP contribution >= 0.6 is 0 Å². The third-order valence-corrected chi connectivity index (χ3v) is 2.52. The Morgan fingerprint density at radius 1 is 1.38 bits per heavy atom. The molecule has 1 saturated heterocycles. The molecule has 80 valence electrons. The van der Waals surface area contributed by atoms with E-state index in [1.807, 2.05) is 0 Å². The fourth-order valence-corrected chi connectivity index (χ4v) is 0.839. The molecule has 0 bridgehead atoms. The molecule has 0 saturated carbocycles. The smallest absolute Gasteiger partial charge is 0.0660 e. The lowest BCUT2D eigenvalue weighted by Gasteiger charge is -2.04. The van der Waals surface area contributed by atoms with Crippen molar-refractivity contribution in [2.45, 2.75) is 52.4 Å². The van der Waals surface area contributed by atoms with Gasteiger partial charge in [-0.1, -0.05) is 6.92 Å². The van der Waals surface area contributed by atoms with Gasteiger partial charge in [-0.3, -0.25) is 0 Å². The maximum absolute atomic E-state index is 8.50. The summed E-state index contributed by atoms with van der Waals surface area (Å²) in [4.78, 5) is 0. The molecule has 1 rings (SSSR count). The molecule has 1 heterocycles. The van der Waals surface area contributed by atoms with Crippen LogP contribution in [0.4, 0.5) is 0 Å². The molecule has 0 amide bonds. The predicted molar refractivity (Wildman–Crippen MR) is 54.5 cm³/mol. The van der Waals surface area contributed by atoms with E-state index in [9.17, 15) is 0 Å². The molecule has 3 nitrogen and oxygen atoms in total. The highest BCUT2D eigenvalue weighted by Crippen LogP contribution is 2.18. The molecule has 0 aromatic rings. The Labute approximate surface area is 81.3 Å². The zero-order valence-electron chi connectivity index (χ0n) is 9.16. The van der Waals surface area contributed by atoms with Gasteiger partial charge in [0.25, 0.3) is 0 Å². The Kier molecular flexibility index (Phi) is 6.29. The van der Waals surface area contributed by atoms with E-state index in [0.29, 0.717) is 6.10 Å². The molecule has 3 N–H and O–H groups in total. The minimum absolute atomic E-state index is 0.0926. The molecular formula is C10H23NO2. The minimum atomic E-state index is -0.370. The lowest BCUT2D eigenvalue weighted by molar-refractivity contribution is 0.109. The van der Waals surface area contributed by atoms with Crippen LogP contribution in [0.3, 0.4) is 0 Å². The SMILES string of the molecule is CC(N)C(C)O.CC1CCOC1C. The first-order chi connectivity index (χ1) is 5.95. The van der Waals surface area contributed by atoms with Crippen LogP contribution in [0.25, 0.3) is 0 Å². The van der Waals surface area contributed by atoms with Gasteiger partial charge < -0.3 is 15.6 Å². The third kappa shape index (κ3) is 6.02. The first-order valence-electron chi connectivity index (χ1n) is 5.00. The molecule has 4 unspecified atom stereocenters. The van der Waals surface area contributed by atoms with Crippen molar-refractivity contribution in [1.29, 1.82) is 0 Å². The molecule has 1 aliphatic rings. The standard InChI is InChI=1S/C6H12O.C4H11NO/c1-5-3-4-7-6(5)2;1-3(5)4(2)6/h5-6H,3-4H2,1-2H3;3-4,6H,5H2,1-2H3. The number of ether oxygens (including phenoxy) is 1. The first kappa shape index (κ1) is 12.9. The number of nitrogens with two attached hydrogens (primary N) is 1. The minimum Gasteiger partial charge on any atom is -0.392 e. The largest absolute Gasteiger partial charge is 0.392 e. The van der Waals surface area contributed by atoms with Gasteiger partial charge in [0.1, 0.15) is 0 Å². The Bertz CT molecular complexity index is 112. The van der Waals surface area contributed by atoms with Gasteiger partial charge in [0.05, 0.1) is 12.2 Å². The van der Waals surface area contributed by atoms with Gasteiger partial charge in [0.2, 0.25) is 0 Å². The van der Waals surface area contributed by atoms with E-state index in [4.69, 9.17) is 15.6 Å². The number of hydrogen-bond acceptors (Lipinski definition) is 3. The molecule has 0 aromatic carbocycles. The molecule has 4 atom stereocenters. The zero-order chi connectivity index (χ0) is 10.4. The summed E-state index contributed by atoms with van der Waals surface area (Å²) in [6, 6.07) is -0.0926. The van der Waals surface area contributed by atoms with Crippen molar-refractivity contribution >= 4 is 0 Å². The summed E-state index contributed by atoms with van der Waals surface area (Å²) >= 11 is 0. The summed E-state index contributed by atoms with van der Waals surface area (Å²) in [6.07, 6.45) is 1.39. The highest BCUT2D eigenvalue weighted by Gasteiger charge is 2.18. The van der Waals surface area contributed by atoms with Crippen molar-refractivity contribution in [3.8, 4) is 0 Å².